The van der Waals surface area contributed by atoms with Crippen LogP contribution in [0.1, 0.15) is 34.1 Å². The van der Waals surface area contributed by atoms with E-state index in [2.05, 4.69) is 46.1 Å². The summed E-state index contributed by atoms with van der Waals surface area (Å²) in [6.07, 6.45) is 0. The van der Waals surface area contributed by atoms with E-state index in [1.54, 1.807) is 11.3 Å². The summed E-state index contributed by atoms with van der Waals surface area (Å²) in [5.74, 6) is 0. The van der Waals surface area contributed by atoms with Crippen molar-refractivity contribution in [3.63, 3.8) is 0 Å². The first-order valence-corrected chi connectivity index (χ1v) is 8.07. The highest BCUT2D eigenvalue weighted by molar-refractivity contribution is 9.10. The van der Waals surface area contributed by atoms with Crippen molar-refractivity contribution in [3.05, 3.63) is 48.8 Å². The fraction of sp³-hybridized carbons (Fsp3) is 0.357. The predicted molar refractivity (Wildman–Crippen MR) is 86.0 cm³/mol. The van der Waals surface area contributed by atoms with Gasteiger partial charge in [-0.05, 0) is 54.4 Å². The Morgan fingerprint density at radius 3 is 2.74 bits per heavy atom. The molecular formula is C14H16BrClN2S. The van der Waals surface area contributed by atoms with E-state index in [-0.39, 0.29) is 0 Å². The van der Waals surface area contributed by atoms with Crippen molar-refractivity contribution >= 4 is 38.9 Å². The van der Waals surface area contributed by atoms with Crippen LogP contribution >= 0.6 is 38.9 Å². The fourth-order valence-corrected chi connectivity index (χ4v) is 3.37. The van der Waals surface area contributed by atoms with Gasteiger partial charge in [-0.15, -0.1) is 11.3 Å². The second-order valence-electron chi connectivity index (χ2n) is 4.53. The molecule has 1 N–H and O–H groups in total. The minimum Gasteiger partial charge on any atom is -0.305 e. The van der Waals surface area contributed by atoms with Crippen molar-refractivity contribution in [2.24, 2.45) is 0 Å². The third-order valence-electron chi connectivity index (χ3n) is 2.93. The Morgan fingerprint density at radius 1 is 1.42 bits per heavy atom. The molecule has 0 spiro atoms. The molecule has 0 aliphatic rings. The second-order valence-corrected chi connectivity index (χ2v) is 7.03. The third kappa shape index (κ3) is 3.78. The fourth-order valence-electron chi connectivity index (χ4n) is 1.96. The Balaban J connectivity index is 2.02. The molecule has 2 rings (SSSR count). The Morgan fingerprint density at radius 2 is 2.16 bits per heavy atom. The lowest BCUT2D eigenvalue weighted by atomic mass is 10.2. The lowest BCUT2D eigenvalue weighted by Gasteiger charge is -2.13. The van der Waals surface area contributed by atoms with Crippen LogP contribution in [0.3, 0.4) is 0 Å². The maximum absolute atomic E-state index is 6.09. The van der Waals surface area contributed by atoms with Crippen molar-refractivity contribution in [1.29, 1.82) is 0 Å². The molecule has 0 saturated carbocycles. The van der Waals surface area contributed by atoms with Crippen LogP contribution in [0.15, 0.2) is 22.7 Å². The molecule has 0 aliphatic heterocycles. The molecule has 0 saturated heterocycles. The van der Waals surface area contributed by atoms with Crippen LogP contribution in [-0.2, 0) is 6.54 Å². The number of thiazole rings is 1. The van der Waals surface area contributed by atoms with Crippen LogP contribution in [0, 0.1) is 13.8 Å². The van der Waals surface area contributed by atoms with Crippen LogP contribution in [0.25, 0.3) is 0 Å². The van der Waals surface area contributed by atoms with E-state index >= 15 is 0 Å². The lowest BCUT2D eigenvalue weighted by Crippen LogP contribution is -2.17. The summed E-state index contributed by atoms with van der Waals surface area (Å²) in [6, 6.07) is 6.33. The van der Waals surface area contributed by atoms with Gasteiger partial charge in [-0.2, -0.15) is 0 Å². The van der Waals surface area contributed by atoms with Gasteiger partial charge in [-0.25, -0.2) is 4.98 Å². The van der Waals surface area contributed by atoms with Crippen LogP contribution in [0.2, 0.25) is 5.02 Å². The van der Waals surface area contributed by atoms with E-state index in [9.17, 15) is 0 Å². The minimum atomic E-state index is 0.300. The molecular weight excluding hydrogens is 344 g/mol. The number of hydrogen-bond donors (Lipinski definition) is 1. The molecule has 102 valence electrons. The van der Waals surface area contributed by atoms with Crippen molar-refractivity contribution in [3.8, 4) is 0 Å². The first kappa shape index (κ1) is 15.0. The second kappa shape index (κ2) is 6.35. The van der Waals surface area contributed by atoms with Gasteiger partial charge in [0.2, 0.25) is 0 Å². The molecule has 1 aromatic carbocycles. The van der Waals surface area contributed by atoms with Crippen LogP contribution in [0.5, 0.6) is 0 Å². The van der Waals surface area contributed by atoms with Crippen molar-refractivity contribution < 1.29 is 0 Å². The first-order valence-electron chi connectivity index (χ1n) is 6.08. The van der Waals surface area contributed by atoms with Gasteiger partial charge in [0, 0.05) is 21.9 Å². The largest absolute Gasteiger partial charge is 0.305 e. The zero-order chi connectivity index (χ0) is 14.0. The van der Waals surface area contributed by atoms with Crippen molar-refractivity contribution in [1.82, 2.24) is 10.3 Å². The SMILES string of the molecule is Cc1nc(C)c(C(C)NCc2ccc(Br)c(Cl)c2)s1. The summed E-state index contributed by atoms with van der Waals surface area (Å²) >= 11 is 11.2. The van der Waals surface area contributed by atoms with Gasteiger partial charge in [0.15, 0.2) is 0 Å². The number of rotatable bonds is 4. The van der Waals surface area contributed by atoms with Crippen molar-refractivity contribution in [2.75, 3.05) is 0 Å². The number of nitrogens with zero attached hydrogens (tertiary/aromatic N) is 1. The molecule has 0 bridgehead atoms. The molecule has 1 heterocycles. The van der Waals surface area contributed by atoms with Gasteiger partial charge < -0.3 is 5.32 Å². The summed E-state index contributed by atoms with van der Waals surface area (Å²) in [6.45, 7) is 7.07. The van der Waals surface area contributed by atoms with Gasteiger partial charge in [0.25, 0.3) is 0 Å². The zero-order valence-electron chi connectivity index (χ0n) is 11.1. The van der Waals surface area contributed by atoms with Gasteiger partial charge in [-0.1, -0.05) is 17.7 Å². The highest BCUT2D eigenvalue weighted by Gasteiger charge is 2.12. The Labute approximate surface area is 131 Å². The minimum absolute atomic E-state index is 0.300. The lowest BCUT2D eigenvalue weighted by molar-refractivity contribution is 0.579. The maximum atomic E-state index is 6.09. The number of hydrogen-bond acceptors (Lipinski definition) is 3. The topological polar surface area (TPSA) is 24.9 Å². The zero-order valence-corrected chi connectivity index (χ0v) is 14.3. The molecule has 2 aromatic rings. The molecule has 5 heteroatoms. The third-order valence-corrected chi connectivity index (χ3v) is 5.42. The number of benzene rings is 1. The summed E-state index contributed by atoms with van der Waals surface area (Å²) in [5, 5.41) is 5.38. The maximum Gasteiger partial charge on any atom is 0.0900 e. The summed E-state index contributed by atoms with van der Waals surface area (Å²) in [7, 11) is 0. The highest BCUT2D eigenvalue weighted by Crippen LogP contribution is 2.26. The molecule has 0 radical (unpaired) electrons. The molecule has 1 aromatic heterocycles. The van der Waals surface area contributed by atoms with Gasteiger partial charge in [-0.3, -0.25) is 0 Å². The first-order chi connectivity index (χ1) is 8.97. The van der Waals surface area contributed by atoms with Crippen LogP contribution in [0.4, 0.5) is 0 Å². The van der Waals surface area contributed by atoms with E-state index in [1.165, 1.54) is 10.4 Å². The van der Waals surface area contributed by atoms with E-state index in [0.29, 0.717) is 6.04 Å². The van der Waals surface area contributed by atoms with Gasteiger partial charge in [0.1, 0.15) is 0 Å². The summed E-state index contributed by atoms with van der Waals surface area (Å²) in [4.78, 5) is 5.77. The number of aryl methyl sites for hydroxylation is 2. The average molecular weight is 360 g/mol. The molecule has 0 aliphatic carbocycles. The van der Waals surface area contributed by atoms with Gasteiger partial charge >= 0.3 is 0 Å². The van der Waals surface area contributed by atoms with Crippen molar-refractivity contribution in [2.45, 2.75) is 33.4 Å². The molecule has 0 fully saturated rings. The normalized spacial score (nSPS) is 12.7. The average Bonchev–Trinajstić information content (AvgIpc) is 2.70. The molecule has 1 atom stereocenters. The van der Waals surface area contributed by atoms with E-state index in [4.69, 9.17) is 11.6 Å². The Kier molecular flexibility index (Phi) is 5.01. The van der Waals surface area contributed by atoms with E-state index in [1.807, 2.05) is 19.1 Å². The molecule has 0 amide bonds. The van der Waals surface area contributed by atoms with Crippen LogP contribution in [-0.4, -0.2) is 4.98 Å². The van der Waals surface area contributed by atoms with Gasteiger partial charge in [0.05, 0.1) is 15.7 Å². The highest BCUT2D eigenvalue weighted by atomic mass is 79.9. The number of aromatic nitrogens is 1. The standard InChI is InChI=1S/C14H16BrClN2S/c1-8(14-9(2)18-10(3)19-14)17-7-11-4-5-12(15)13(16)6-11/h4-6,8,17H,7H2,1-3H3. The van der Waals surface area contributed by atoms with E-state index in [0.717, 1.165) is 26.7 Å². The van der Waals surface area contributed by atoms with E-state index < -0.39 is 0 Å². The quantitative estimate of drug-likeness (QED) is 0.828. The molecule has 1 unspecified atom stereocenters. The number of halogens is 2. The monoisotopic (exact) mass is 358 g/mol. The Bertz CT molecular complexity index is 583. The predicted octanol–water partition coefficient (Wildman–Crippen LogP) is 5.03. The molecule has 2 nitrogen and oxygen atoms in total. The van der Waals surface area contributed by atoms with Crippen LogP contribution < -0.4 is 5.32 Å². The Hall–Kier alpha value is -0.420. The number of nitrogens with one attached hydrogen (secondary N) is 1. The summed E-state index contributed by atoms with van der Waals surface area (Å²) < 4.78 is 0.930. The summed E-state index contributed by atoms with van der Waals surface area (Å²) in [5.41, 5.74) is 2.30. The smallest absolute Gasteiger partial charge is 0.0900 e. The molecule has 19 heavy (non-hydrogen) atoms.